The van der Waals surface area contributed by atoms with E-state index in [1.165, 1.54) is 30.4 Å². The van der Waals surface area contributed by atoms with Gasteiger partial charge in [0.25, 0.3) is 0 Å². The maximum Gasteiger partial charge on any atom is 0.193 e. The van der Waals surface area contributed by atoms with Gasteiger partial charge in [-0.05, 0) is 61.6 Å². The minimum absolute atomic E-state index is 0.542. The van der Waals surface area contributed by atoms with E-state index in [1.54, 1.807) is 0 Å². The fourth-order valence-electron chi connectivity index (χ4n) is 3.23. The molecule has 21 heavy (non-hydrogen) atoms. The molecular formula is C17H25N3O. The van der Waals surface area contributed by atoms with Crippen LogP contribution >= 0.6 is 0 Å². The number of aryl methyl sites for hydroxylation is 1. The fraction of sp³-hybridized carbons (Fsp3) is 0.588. The number of fused-ring (bicyclic) bond motifs is 1. The Bertz CT molecular complexity index is 507. The normalized spacial score (nSPS) is 20.1. The number of anilines is 1. The van der Waals surface area contributed by atoms with Crippen molar-refractivity contribution in [3.8, 4) is 0 Å². The lowest BCUT2D eigenvalue weighted by Crippen LogP contribution is -2.26. The van der Waals surface area contributed by atoms with Crippen LogP contribution in [0.5, 0.6) is 0 Å². The number of nitrogens with two attached hydrogens (primary N) is 1. The first-order valence-electron chi connectivity index (χ1n) is 8.08. The van der Waals surface area contributed by atoms with Crippen molar-refractivity contribution in [2.75, 3.05) is 25.1 Å². The molecule has 1 aliphatic heterocycles. The Kier molecular flexibility index (Phi) is 4.76. The van der Waals surface area contributed by atoms with Crippen LogP contribution in [-0.4, -0.2) is 25.7 Å². The molecule has 0 radical (unpaired) electrons. The summed E-state index contributed by atoms with van der Waals surface area (Å²) in [4.78, 5) is 4.52. The number of hydrogen-bond donors (Lipinski definition) is 2. The summed E-state index contributed by atoms with van der Waals surface area (Å²) in [5.41, 5.74) is 10.1. The number of rotatable bonds is 3. The van der Waals surface area contributed by atoms with E-state index in [1.807, 2.05) is 0 Å². The molecule has 2 aliphatic rings. The SMILES string of the molecule is NC(=NCC1CCOCC1)Nc1cccc2c1CCCC2. The first-order chi connectivity index (χ1) is 10.3. The zero-order valence-electron chi connectivity index (χ0n) is 12.6. The topological polar surface area (TPSA) is 59.6 Å². The Morgan fingerprint density at radius 3 is 2.90 bits per heavy atom. The molecule has 1 saturated heterocycles. The van der Waals surface area contributed by atoms with Gasteiger partial charge in [-0.15, -0.1) is 0 Å². The molecule has 0 aromatic heterocycles. The predicted octanol–water partition coefficient (Wildman–Crippen LogP) is 2.72. The van der Waals surface area contributed by atoms with Crippen molar-refractivity contribution in [3.05, 3.63) is 29.3 Å². The highest BCUT2D eigenvalue weighted by atomic mass is 16.5. The Balaban J connectivity index is 1.62. The molecule has 1 aliphatic carbocycles. The number of aliphatic imine (C=N–C) groups is 1. The maximum absolute atomic E-state index is 6.06. The van der Waals surface area contributed by atoms with Crippen molar-refractivity contribution in [2.24, 2.45) is 16.6 Å². The van der Waals surface area contributed by atoms with Crippen LogP contribution in [0.4, 0.5) is 5.69 Å². The van der Waals surface area contributed by atoms with Crippen molar-refractivity contribution in [1.29, 1.82) is 0 Å². The van der Waals surface area contributed by atoms with Gasteiger partial charge in [-0.3, -0.25) is 4.99 Å². The van der Waals surface area contributed by atoms with Crippen LogP contribution in [0.25, 0.3) is 0 Å². The quantitative estimate of drug-likeness (QED) is 0.664. The number of benzene rings is 1. The molecule has 0 saturated carbocycles. The zero-order chi connectivity index (χ0) is 14.5. The number of nitrogens with zero attached hydrogens (tertiary/aromatic N) is 1. The summed E-state index contributed by atoms with van der Waals surface area (Å²) < 4.78 is 5.37. The summed E-state index contributed by atoms with van der Waals surface area (Å²) in [5, 5.41) is 3.31. The Morgan fingerprint density at radius 1 is 1.24 bits per heavy atom. The van der Waals surface area contributed by atoms with Crippen LogP contribution in [0, 0.1) is 5.92 Å². The molecule has 0 atom stereocenters. The third-order valence-corrected chi connectivity index (χ3v) is 4.52. The zero-order valence-corrected chi connectivity index (χ0v) is 12.6. The van der Waals surface area contributed by atoms with Crippen LogP contribution in [0.1, 0.15) is 36.8 Å². The number of ether oxygens (including phenoxy) is 1. The van der Waals surface area contributed by atoms with E-state index < -0.39 is 0 Å². The van der Waals surface area contributed by atoms with Crippen molar-refractivity contribution in [1.82, 2.24) is 0 Å². The molecule has 4 heteroatoms. The molecule has 0 amide bonds. The van der Waals surface area contributed by atoms with Gasteiger partial charge in [0, 0.05) is 25.4 Å². The van der Waals surface area contributed by atoms with Gasteiger partial charge in [0.15, 0.2) is 5.96 Å². The average Bonchev–Trinajstić information content (AvgIpc) is 2.54. The van der Waals surface area contributed by atoms with Gasteiger partial charge in [-0.2, -0.15) is 0 Å². The second-order valence-electron chi connectivity index (χ2n) is 6.06. The van der Waals surface area contributed by atoms with E-state index >= 15 is 0 Å². The van der Waals surface area contributed by atoms with Gasteiger partial charge >= 0.3 is 0 Å². The molecule has 0 unspecified atom stereocenters. The molecule has 114 valence electrons. The lowest BCUT2D eigenvalue weighted by atomic mass is 9.90. The summed E-state index contributed by atoms with van der Waals surface area (Å²) in [7, 11) is 0. The predicted molar refractivity (Wildman–Crippen MR) is 86.7 cm³/mol. The molecule has 3 rings (SSSR count). The van der Waals surface area contributed by atoms with Gasteiger partial charge in [-0.1, -0.05) is 12.1 Å². The number of guanidine groups is 1. The van der Waals surface area contributed by atoms with Gasteiger partial charge < -0.3 is 15.8 Å². The Morgan fingerprint density at radius 2 is 2.05 bits per heavy atom. The standard InChI is InChI=1S/C17H25N3O/c18-17(19-12-13-8-10-21-11-9-13)20-16-7-3-5-14-4-1-2-6-15(14)16/h3,5,7,13H,1-2,4,6,8-12H2,(H3,18,19,20). The molecule has 1 fully saturated rings. The Hall–Kier alpha value is -1.55. The molecule has 4 nitrogen and oxygen atoms in total. The molecule has 3 N–H and O–H groups in total. The molecule has 1 aromatic carbocycles. The minimum atomic E-state index is 0.542. The van der Waals surface area contributed by atoms with E-state index in [0.717, 1.165) is 44.7 Å². The van der Waals surface area contributed by atoms with E-state index in [9.17, 15) is 0 Å². The summed E-state index contributed by atoms with van der Waals surface area (Å²) in [6.45, 7) is 2.52. The third kappa shape index (κ3) is 3.76. The van der Waals surface area contributed by atoms with Crippen LogP contribution < -0.4 is 11.1 Å². The summed E-state index contributed by atoms with van der Waals surface area (Å²) in [6, 6.07) is 6.45. The smallest absolute Gasteiger partial charge is 0.193 e. The largest absolute Gasteiger partial charge is 0.381 e. The van der Waals surface area contributed by atoms with E-state index in [-0.39, 0.29) is 0 Å². The van der Waals surface area contributed by atoms with Crippen LogP contribution in [-0.2, 0) is 17.6 Å². The highest BCUT2D eigenvalue weighted by Crippen LogP contribution is 2.27. The fourth-order valence-corrected chi connectivity index (χ4v) is 3.23. The second kappa shape index (κ2) is 6.94. The van der Waals surface area contributed by atoms with Crippen molar-refractivity contribution < 1.29 is 4.74 Å². The van der Waals surface area contributed by atoms with Gasteiger partial charge in [0.05, 0.1) is 0 Å². The summed E-state index contributed by atoms with van der Waals surface area (Å²) >= 11 is 0. The van der Waals surface area contributed by atoms with Gasteiger partial charge in [-0.25, -0.2) is 0 Å². The maximum atomic E-state index is 6.06. The molecular weight excluding hydrogens is 262 g/mol. The molecule has 1 heterocycles. The highest BCUT2D eigenvalue weighted by Gasteiger charge is 2.15. The average molecular weight is 287 g/mol. The van der Waals surface area contributed by atoms with Crippen molar-refractivity contribution in [3.63, 3.8) is 0 Å². The summed E-state index contributed by atoms with van der Waals surface area (Å²) in [5.74, 6) is 1.16. The van der Waals surface area contributed by atoms with Crippen LogP contribution in [0.2, 0.25) is 0 Å². The second-order valence-corrected chi connectivity index (χ2v) is 6.06. The van der Waals surface area contributed by atoms with Crippen molar-refractivity contribution in [2.45, 2.75) is 38.5 Å². The lowest BCUT2D eigenvalue weighted by molar-refractivity contribution is 0.0689. The molecule has 1 aromatic rings. The minimum Gasteiger partial charge on any atom is -0.381 e. The highest BCUT2D eigenvalue weighted by molar-refractivity contribution is 5.93. The first-order valence-corrected chi connectivity index (χ1v) is 8.08. The third-order valence-electron chi connectivity index (χ3n) is 4.52. The van der Waals surface area contributed by atoms with Gasteiger partial charge in [0.2, 0.25) is 0 Å². The van der Waals surface area contributed by atoms with E-state index in [2.05, 4.69) is 28.5 Å². The molecule has 0 bridgehead atoms. The summed E-state index contributed by atoms with van der Waals surface area (Å²) in [6.07, 6.45) is 7.08. The first kappa shape index (κ1) is 14.4. The van der Waals surface area contributed by atoms with E-state index in [0.29, 0.717) is 11.9 Å². The van der Waals surface area contributed by atoms with E-state index in [4.69, 9.17) is 10.5 Å². The number of nitrogens with one attached hydrogen (secondary N) is 1. The number of hydrogen-bond acceptors (Lipinski definition) is 2. The van der Waals surface area contributed by atoms with Gasteiger partial charge in [0.1, 0.15) is 0 Å². The monoisotopic (exact) mass is 287 g/mol. The Labute approximate surface area is 126 Å². The van der Waals surface area contributed by atoms with Crippen LogP contribution in [0.3, 0.4) is 0 Å². The van der Waals surface area contributed by atoms with Crippen molar-refractivity contribution >= 4 is 11.6 Å². The lowest BCUT2D eigenvalue weighted by Gasteiger charge is -2.21. The van der Waals surface area contributed by atoms with Crippen LogP contribution in [0.15, 0.2) is 23.2 Å². The molecule has 0 spiro atoms.